The Hall–Kier alpha value is -2.72. The maximum Gasteiger partial charge on any atom is 0.352 e. The number of halogens is 5. The maximum absolute atomic E-state index is 14.9. The second-order valence-corrected chi connectivity index (χ2v) is 9.82. The van der Waals surface area contributed by atoms with Crippen molar-refractivity contribution in [2.45, 2.75) is 24.1 Å². The van der Waals surface area contributed by atoms with Crippen molar-refractivity contribution in [1.29, 1.82) is 0 Å². The molecule has 13 heteroatoms. The predicted molar refractivity (Wildman–Crippen MR) is 130 cm³/mol. The minimum atomic E-state index is -2.07. The molecule has 0 bridgehead atoms. The van der Waals surface area contributed by atoms with E-state index >= 15 is 0 Å². The first-order valence-corrected chi connectivity index (χ1v) is 11.4. The van der Waals surface area contributed by atoms with Crippen molar-refractivity contribution in [3.63, 3.8) is 0 Å². The number of benzene rings is 2. The summed E-state index contributed by atoms with van der Waals surface area (Å²) in [7, 11) is 1.26. The van der Waals surface area contributed by atoms with Crippen LogP contribution in [0.1, 0.15) is 25.1 Å². The molecule has 0 aliphatic carbocycles. The van der Waals surface area contributed by atoms with Crippen LogP contribution in [-0.2, 0) is 26.9 Å². The summed E-state index contributed by atoms with van der Waals surface area (Å²) in [5, 5.41) is -0.168. The normalized spacial score (nSPS) is 11.3. The highest BCUT2D eigenvalue weighted by atomic mass is 35.6. The van der Waals surface area contributed by atoms with Crippen LogP contribution in [0.5, 0.6) is 17.2 Å². The van der Waals surface area contributed by atoms with E-state index in [-0.39, 0.29) is 28.0 Å². The molecule has 186 valence electrons. The Labute approximate surface area is 218 Å². The SMILES string of the molecule is CCc1cccc(OOC(C)=O)c1Oc1cc(-n2c(=O)cc(C(Cl)(Cl)Cl)n(C)c2=O)c(F)cc1Cl. The second-order valence-electron chi connectivity index (χ2n) is 7.13. The van der Waals surface area contributed by atoms with Crippen LogP contribution in [0, 0.1) is 5.82 Å². The third-order valence-corrected chi connectivity index (χ3v) is 5.63. The Morgan fingerprint density at radius 1 is 1.11 bits per heavy atom. The van der Waals surface area contributed by atoms with E-state index in [1.165, 1.54) is 13.1 Å². The van der Waals surface area contributed by atoms with Gasteiger partial charge in [0.05, 0.1) is 16.4 Å². The van der Waals surface area contributed by atoms with E-state index in [1.807, 2.05) is 6.92 Å². The van der Waals surface area contributed by atoms with Crippen LogP contribution >= 0.6 is 46.4 Å². The van der Waals surface area contributed by atoms with Crippen molar-refractivity contribution in [1.82, 2.24) is 9.13 Å². The number of rotatable bonds is 6. The fourth-order valence-corrected chi connectivity index (χ4v) is 3.85. The van der Waals surface area contributed by atoms with Gasteiger partial charge in [0, 0.05) is 26.1 Å². The van der Waals surface area contributed by atoms with Crippen LogP contribution in [0.4, 0.5) is 4.39 Å². The lowest BCUT2D eigenvalue weighted by Crippen LogP contribution is -2.40. The number of ether oxygens (including phenoxy) is 1. The molecule has 0 aliphatic rings. The zero-order valence-electron chi connectivity index (χ0n) is 18.4. The first kappa shape index (κ1) is 26.9. The standard InChI is InChI=1S/C22H17Cl4FN2O6/c1-4-12-6-5-7-16(35-34-11(2)30)20(12)33-17-9-15(14(27)8-13(17)23)29-19(31)10-18(22(24,25)26)28(3)21(29)32/h5-10H,4H2,1-3H3. The van der Waals surface area contributed by atoms with Gasteiger partial charge in [-0.05, 0) is 24.1 Å². The Kier molecular flexibility index (Phi) is 8.06. The fraction of sp³-hybridized carbons (Fsp3) is 0.227. The van der Waals surface area contributed by atoms with E-state index in [1.54, 1.807) is 12.1 Å². The predicted octanol–water partition coefficient (Wildman–Crippen LogP) is 5.37. The van der Waals surface area contributed by atoms with Crippen LogP contribution in [-0.4, -0.2) is 15.1 Å². The number of alkyl halides is 3. The minimum absolute atomic E-state index is 0.0432. The van der Waals surface area contributed by atoms with Crippen LogP contribution in [0.25, 0.3) is 5.69 Å². The Morgan fingerprint density at radius 3 is 2.40 bits per heavy atom. The first-order chi connectivity index (χ1) is 16.3. The summed E-state index contributed by atoms with van der Waals surface area (Å²) in [5.74, 6) is -1.63. The maximum atomic E-state index is 14.9. The molecule has 0 saturated heterocycles. The monoisotopic (exact) mass is 564 g/mol. The molecule has 1 heterocycles. The van der Waals surface area contributed by atoms with Gasteiger partial charge in [-0.25, -0.2) is 18.5 Å². The van der Waals surface area contributed by atoms with Gasteiger partial charge in [-0.2, -0.15) is 0 Å². The van der Waals surface area contributed by atoms with E-state index in [4.69, 9.17) is 56.0 Å². The number of aryl methyl sites for hydroxylation is 1. The molecule has 3 rings (SSSR count). The van der Waals surface area contributed by atoms with Crippen molar-refractivity contribution < 1.29 is 23.7 Å². The van der Waals surface area contributed by atoms with E-state index in [0.717, 1.165) is 29.7 Å². The first-order valence-electron chi connectivity index (χ1n) is 9.89. The molecular weight excluding hydrogens is 549 g/mol. The Balaban J connectivity index is 2.17. The molecule has 0 radical (unpaired) electrons. The lowest BCUT2D eigenvalue weighted by atomic mass is 10.1. The third-order valence-electron chi connectivity index (χ3n) is 4.76. The smallest absolute Gasteiger partial charge is 0.352 e. The second kappa shape index (κ2) is 10.5. The molecule has 0 amide bonds. The van der Waals surface area contributed by atoms with Crippen molar-refractivity contribution >= 4 is 52.4 Å². The summed E-state index contributed by atoms with van der Waals surface area (Å²) in [5.41, 5.74) is -1.95. The highest BCUT2D eigenvalue weighted by Crippen LogP contribution is 2.40. The summed E-state index contributed by atoms with van der Waals surface area (Å²) in [6, 6.07) is 7.70. The molecule has 0 spiro atoms. The fourth-order valence-electron chi connectivity index (χ4n) is 3.12. The van der Waals surface area contributed by atoms with Gasteiger partial charge in [0.1, 0.15) is 11.6 Å². The summed E-state index contributed by atoms with van der Waals surface area (Å²) in [4.78, 5) is 46.5. The Bertz CT molecular complexity index is 1410. The molecule has 0 unspecified atom stereocenters. The summed E-state index contributed by atoms with van der Waals surface area (Å²) < 4.78 is 20.2. The van der Waals surface area contributed by atoms with Crippen LogP contribution in [0.2, 0.25) is 5.02 Å². The van der Waals surface area contributed by atoms with Crippen molar-refractivity contribution in [3.05, 3.63) is 79.3 Å². The molecule has 0 atom stereocenters. The average Bonchev–Trinajstić information content (AvgIpc) is 2.77. The molecule has 8 nitrogen and oxygen atoms in total. The zero-order chi connectivity index (χ0) is 26.1. The van der Waals surface area contributed by atoms with Crippen LogP contribution in [0.3, 0.4) is 0 Å². The van der Waals surface area contributed by atoms with Gasteiger partial charge in [-0.1, -0.05) is 65.5 Å². The summed E-state index contributed by atoms with van der Waals surface area (Å²) in [6.45, 7) is 2.99. The van der Waals surface area contributed by atoms with E-state index in [9.17, 15) is 18.8 Å². The van der Waals surface area contributed by atoms with Crippen molar-refractivity contribution in [2.24, 2.45) is 7.05 Å². The number of carbonyl (C=O) groups is 1. The molecule has 35 heavy (non-hydrogen) atoms. The number of para-hydroxylation sites is 1. The highest BCUT2D eigenvalue weighted by molar-refractivity contribution is 6.66. The molecule has 1 aromatic heterocycles. The van der Waals surface area contributed by atoms with Crippen molar-refractivity contribution in [2.75, 3.05) is 0 Å². The number of hydrogen-bond donors (Lipinski definition) is 0. The lowest BCUT2D eigenvalue weighted by Gasteiger charge is -2.18. The number of carbonyl (C=O) groups excluding carboxylic acids is 1. The zero-order valence-corrected chi connectivity index (χ0v) is 21.4. The van der Waals surface area contributed by atoms with E-state index < -0.39 is 32.5 Å². The molecule has 3 aromatic rings. The lowest BCUT2D eigenvalue weighted by molar-refractivity contribution is -0.211. The van der Waals surface area contributed by atoms with Crippen molar-refractivity contribution in [3.8, 4) is 22.9 Å². The van der Waals surface area contributed by atoms with Crippen LogP contribution in [0.15, 0.2) is 46.0 Å². The van der Waals surface area contributed by atoms with Gasteiger partial charge in [0.2, 0.25) is 9.54 Å². The third kappa shape index (κ3) is 5.75. The highest BCUT2D eigenvalue weighted by Gasteiger charge is 2.29. The van der Waals surface area contributed by atoms with Gasteiger partial charge in [0.25, 0.3) is 5.56 Å². The van der Waals surface area contributed by atoms with Gasteiger partial charge in [-0.3, -0.25) is 19.1 Å². The number of aromatic nitrogens is 2. The topological polar surface area (TPSA) is 88.8 Å². The number of hydrogen-bond acceptors (Lipinski definition) is 6. The van der Waals surface area contributed by atoms with Crippen LogP contribution < -0.4 is 20.9 Å². The Morgan fingerprint density at radius 2 is 1.80 bits per heavy atom. The quantitative estimate of drug-likeness (QED) is 0.227. The largest absolute Gasteiger partial charge is 0.451 e. The molecule has 0 fully saturated rings. The van der Waals surface area contributed by atoms with E-state index in [0.29, 0.717) is 16.6 Å². The average molecular weight is 566 g/mol. The molecule has 0 N–H and O–H groups in total. The minimum Gasteiger partial charge on any atom is -0.451 e. The molecule has 0 aliphatic heterocycles. The van der Waals surface area contributed by atoms with Gasteiger partial charge >= 0.3 is 11.7 Å². The number of nitrogens with zero attached hydrogens (tertiary/aromatic N) is 2. The summed E-state index contributed by atoms with van der Waals surface area (Å²) >= 11 is 23.7. The molecular formula is C22H17Cl4FN2O6. The van der Waals surface area contributed by atoms with E-state index in [2.05, 4.69) is 4.89 Å². The van der Waals surface area contributed by atoms with Gasteiger partial charge < -0.3 is 4.74 Å². The summed E-state index contributed by atoms with van der Waals surface area (Å²) in [6.07, 6.45) is 0.483. The molecule has 2 aromatic carbocycles. The van der Waals surface area contributed by atoms with Gasteiger partial charge in [-0.15, -0.1) is 0 Å². The molecule has 0 saturated carbocycles. The van der Waals surface area contributed by atoms with Gasteiger partial charge in [0.15, 0.2) is 5.75 Å².